The first kappa shape index (κ1) is 17.7. The molecule has 5 nitrogen and oxygen atoms in total. The predicted molar refractivity (Wildman–Crippen MR) is 103 cm³/mol. The second-order valence-electron chi connectivity index (χ2n) is 6.56. The maximum Gasteiger partial charge on any atom is 0.231 e. The number of hydrogen-bond donors (Lipinski definition) is 1. The Hall–Kier alpha value is -2.75. The third kappa shape index (κ3) is 2.80. The van der Waals surface area contributed by atoms with Crippen molar-refractivity contribution in [1.82, 2.24) is 4.90 Å². The summed E-state index contributed by atoms with van der Waals surface area (Å²) in [5.74, 6) is 0.535. The lowest BCUT2D eigenvalue weighted by molar-refractivity contribution is -0.149. The standard InChI is InChI=1S/C21H18N2O3S/c1-26-16-9-7-14(8-10-16)17-11-19(24)23-20(18(17)12-22)27-13-21(23,25)15-5-3-2-4-6-15/h2-10,17,25H,11,13H2,1H3/t17-,21-/m1/s1. The van der Waals surface area contributed by atoms with E-state index in [1.54, 1.807) is 19.2 Å². The summed E-state index contributed by atoms with van der Waals surface area (Å²) in [5, 5.41) is 21.7. The Morgan fingerprint density at radius 3 is 2.56 bits per heavy atom. The van der Waals surface area contributed by atoms with Crippen LogP contribution in [0.4, 0.5) is 0 Å². The van der Waals surface area contributed by atoms with Crippen molar-refractivity contribution < 1.29 is 14.6 Å². The summed E-state index contributed by atoms with van der Waals surface area (Å²) in [6.45, 7) is 0. The Kier molecular flexibility index (Phi) is 4.42. The lowest BCUT2D eigenvalue weighted by Crippen LogP contribution is -2.48. The molecule has 2 aliphatic rings. The molecule has 4 rings (SSSR count). The van der Waals surface area contributed by atoms with E-state index in [1.165, 1.54) is 16.7 Å². The molecule has 136 valence electrons. The minimum atomic E-state index is -1.43. The average Bonchev–Trinajstić information content (AvgIpc) is 3.08. The molecular formula is C21H18N2O3S. The molecule has 0 unspecified atom stereocenters. The molecule has 0 bridgehead atoms. The Balaban J connectivity index is 1.78. The summed E-state index contributed by atoms with van der Waals surface area (Å²) < 4.78 is 5.19. The number of rotatable bonds is 3. The van der Waals surface area contributed by atoms with Gasteiger partial charge in [-0.15, -0.1) is 11.8 Å². The van der Waals surface area contributed by atoms with E-state index in [4.69, 9.17) is 4.74 Å². The number of aliphatic hydroxyl groups is 1. The van der Waals surface area contributed by atoms with Crippen LogP contribution in [-0.4, -0.2) is 28.8 Å². The molecule has 2 aliphatic heterocycles. The minimum Gasteiger partial charge on any atom is -0.497 e. The van der Waals surface area contributed by atoms with Gasteiger partial charge in [-0.3, -0.25) is 9.69 Å². The van der Waals surface area contributed by atoms with Crippen LogP contribution in [0.1, 0.15) is 23.5 Å². The molecule has 1 N–H and O–H groups in total. The first-order valence-corrected chi connectivity index (χ1v) is 9.59. The fourth-order valence-electron chi connectivity index (χ4n) is 3.66. The molecule has 2 heterocycles. The van der Waals surface area contributed by atoms with Crippen molar-refractivity contribution in [2.24, 2.45) is 0 Å². The van der Waals surface area contributed by atoms with Crippen LogP contribution in [0.5, 0.6) is 5.75 Å². The van der Waals surface area contributed by atoms with Gasteiger partial charge in [0.05, 0.1) is 29.5 Å². The lowest BCUT2D eigenvalue weighted by Gasteiger charge is -2.38. The van der Waals surface area contributed by atoms with E-state index in [0.29, 0.717) is 21.9 Å². The smallest absolute Gasteiger partial charge is 0.231 e. The molecule has 2 atom stereocenters. The first-order chi connectivity index (χ1) is 13.1. The highest BCUT2D eigenvalue weighted by Gasteiger charge is 2.51. The van der Waals surface area contributed by atoms with E-state index in [0.717, 1.165) is 11.3 Å². The second kappa shape index (κ2) is 6.76. The highest BCUT2D eigenvalue weighted by atomic mass is 32.2. The van der Waals surface area contributed by atoms with Gasteiger partial charge in [-0.2, -0.15) is 5.26 Å². The molecule has 0 saturated carbocycles. The normalized spacial score (nSPS) is 24.6. The minimum absolute atomic E-state index is 0.147. The van der Waals surface area contributed by atoms with Crippen molar-refractivity contribution in [3.8, 4) is 11.8 Å². The molecule has 0 aromatic heterocycles. The first-order valence-electron chi connectivity index (χ1n) is 8.60. The fourth-order valence-corrected chi connectivity index (χ4v) is 5.02. The number of ether oxygens (including phenoxy) is 1. The summed E-state index contributed by atoms with van der Waals surface area (Å²) in [5.41, 5.74) is 0.645. The quantitative estimate of drug-likeness (QED) is 0.887. The Morgan fingerprint density at radius 1 is 1.22 bits per heavy atom. The van der Waals surface area contributed by atoms with E-state index in [-0.39, 0.29) is 18.2 Å². The number of allylic oxidation sites excluding steroid dienone is 1. The highest BCUT2D eigenvalue weighted by Crippen LogP contribution is 2.51. The van der Waals surface area contributed by atoms with Gasteiger partial charge in [0.2, 0.25) is 5.91 Å². The molecule has 0 aliphatic carbocycles. The van der Waals surface area contributed by atoms with Crippen molar-refractivity contribution >= 4 is 17.7 Å². The van der Waals surface area contributed by atoms with Gasteiger partial charge in [-0.1, -0.05) is 42.5 Å². The Labute approximate surface area is 161 Å². The van der Waals surface area contributed by atoms with Gasteiger partial charge in [-0.05, 0) is 17.7 Å². The number of carbonyl (C=O) groups is 1. The van der Waals surface area contributed by atoms with Crippen LogP contribution in [0.2, 0.25) is 0 Å². The van der Waals surface area contributed by atoms with Crippen LogP contribution in [-0.2, 0) is 10.5 Å². The Morgan fingerprint density at radius 2 is 1.93 bits per heavy atom. The molecule has 1 saturated heterocycles. The van der Waals surface area contributed by atoms with E-state index >= 15 is 0 Å². The maximum atomic E-state index is 13.0. The van der Waals surface area contributed by atoms with Gasteiger partial charge in [0.15, 0.2) is 5.72 Å². The zero-order chi connectivity index (χ0) is 19.0. The summed E-state index contributed by atoms with van der Waals surface area (Å²) in [6, 6.07) is 18.8. The van der Waals surface area contributed by atoms with Crippen LogP contribution < -0.4 is 4.74 Å². The third-order valence-corrected chi connectivity index (χ3v) is 6.29. The van der Waals surface area contributed by atoms with Crippen molar-refractivity contribution in [1.29, 1.82) is 5.26 Å². The van der Waals surface area contributed by atoms with E-state index in [9.17, 15) is 15.2 Å². The van der Waals surface area contributed by atoms with Gasteiger partial charge in [0, 0.05) is 17.9 Å². The topological polar surface area (TPSA) is 73.6 Å². The van der Waals surface area contributed by atoms with Crippen LogP contribution >= 0.6 is 11.8 Å². The van der Waals surface area contributed by atoms with Crippen molar-refractivity contribution in [3.05, 3.63) is 76.3 Å². The van der Waals surface area contributed by atoms with Crippen LogP contribution in [0.25, 0.3) is 0 Å². The highest BCUT2D eigenvalue weighted by molar-refractivity contribution is 8.03. The third-order valence-electron chi connectivity index (χ3n) is 5.06. The van der Waals surface area contributed by atoms with Crippen molar-refractivity contribution in [2.75, 3.05) is 12.9 Å². The number of nitriles is 1. The van der Waals surface area contributed by atoms with Gasteiger partial charge >= 0.3 is 0 Å². The van der Waals surface area contributed by atoms with E-state index < -0.39 is 5.72 Å². The number of carbonyl (C=O) groups excluding carboxylic acids is 1. The molecule has 2 aromatic carbocycles. The van der Waals surface area contributed by atoms with Gasteiger partial charge < -0.3 is 9.84 Å². The molecular weight excluding hydrogens is 360 g/mol. The van der Waals surface area contributed by atoms with Gasteiger partial charge in [0.1, 0.15) is 5.75 Å². The van der Waals surface area contributed by atoms with Crippen LogP contribution in [0.15, 0.2) is 65.2 Å². The lowest BCUT2D eigenvalue weighted by atomic mass is 9.85. The summed E-state index contributed by atoms with van der Waals surface area (Å²) in [4.78, 5) is 14.4. The molecule has 0 spiro atoms. The summed E-state index contributed by atoms with van der Waals surface area (Å²) in [7, 11) is 1.60. The number of thioether (sulfide) groups is 1. The molecule has 1 fully saturated rings. The zero-order valence-corrected chi connectivity index (χ0v) is 15.6. The average molecular weight is 378 g/mol. The van der Waals surface area contributed by atoms with Crippen molar-refractivity contribution in [2.45, 2.75) is 18.1 Å². The van der Waals surface area contributed by atoms with Crippen LogP contribution in [0.3, 0.4) is 0 Å². The van der Waals surface area contributed by atoms with Gasteiger partial charge in [0.25, 0.3) is 0 Å². The fraction of sp³-hybridized carbons (Fsp3) is 0.238. The number of amides is 1. The number of hydrogen-bond acceptors (Lipinski definition) is 5. The SMILES string of the molecule is COc1ccc([C@H]2CC(=O)N3C(=C2C#N)SC[C@@]3(O)c2ccccc2)cc1. The van der Waals surface area contributed by atoms with Crippen molar-refractivity contribution in [3.63, 3.8) is 0 Å². The van der Waals surface area contributed by atoms with Crippen LogP contribution in [0, 0.1) is 11.3 Å². The summed E-state index contributed by atoms with van der Waals surface area (Å²) in [6.07, 6.45) is 0.147. The largest absolute Gasteiger partial charge is 0.497 e. The second-order valence-corrected chi connectivity index (χ2v) is 7.53. The molecule has 2 aromatic rings. The summed E-state index contributed by atoms with van der Waals surface area (Å²) >= 11 is 1.36. The number of benzene rings is 2. The number of methoxy groups -OCH3 is 1. The molecule has 1 amide bonds. The molecule has 27 heavy (non-hydrogen) atoms. The number of nitrogens with zero attached hydrogens (tertiary/aromatic N) is 2. The number of fused-ring (bicyclic) bond motifs is 1. The van der Waals surface area contributed by atoms with Gasteiger partial charge in [-0.25, -0.2) is 0 Å². The predicted octanol–water partition coefficient (Wildman–Crippen LogP) is 3.34. The monoisotopic (exact) mass is 378 g/mol. The van der Waals surface area contributed by atoms with E-state index in [1.807, 2.05) is 42.5 Å². The maximum absolute atomic E-state index is 13.0. The van der Waals surface area contributed by atoms with E-state index in [2.05, 4.69) is 6.07 Å². The molecule has 0 radical (unpaired) electrons. The Bertz CT molecular complexity index is 950. The zero-order valence-electron chi connectivity index (χ0n) is 14.8. The molecule has 6 heteroatoms.